The molecule has 4 aromatic rings. The van der Waals surface area contributed by atoms with Crippen molar-refractivity contribution in [2.45, 2.75) is 12.8 Å². The van der Waals surface area contributed by atoms with Gasteiger partial charge in [0.2, 0.25) is 0 Å². The fraction of sp³-hybridized carbons (Fsp3) is 0.250. The Balaban J connectivity index is 1.26. The highest BCUT2D eigenvalue weighted by Gasteiger charge is 2.07. The van der Waals surface area contributed by atoms with Gasteiger partial charge in [0, 0.05) is 35.9 Å². The zero-order valence-corrected chi connectivity index (χ0v) is 21.0. The number of anilines is 3. The summed E-state index contributed by atoms with van der Waals surface area (Å²) in [5.41, 5.74) is 2.97. The lowest BCUT2D eigenvalue weighted by Gasteiger charge is -2.12. The molecule has 0 fully saturated rings. The molecule has 0 saturated carbocycles. The standard InChI is InChI=1S/C28H31FN6O2/c1-35(2)15-4-16-37-24-11-12-25-26(18-24)31-19-32-27(25)30-14-13-20-7-9-22(10-8-20)33-28(36)34-23-6-3-5-21(29)17-23/h3,5-12,17-19H,4,13-16H2,1-2H3,(H,30,31,32)(H2,33,34,36). The highest BCUT2D eigenvalue weighted by Crippen LogP contribution is 2.24. The molecule has 0 bridgehead atoms. The van der Waals surface area contributed by atoms with Gasteiger partial charge >= 0.3 is 6.03 Å². The van der Waals surface area contributed by atoms with Crippen molar-refractivity contribution in [2.75, 3.05) is 49.7 Å². The molecule has 0 aliphatic heterocycles. The number of halogens is 1. The number of benzene rings is 3. The summed E-state index contributed by atoms with van der Waals surface area (Å²) in [6, 6.07) is 18.8. The summed E-state index contributed by atoms with van der Waals surface area (Å²) in [4.78, 5) is 23.1. The van der Waals surface area contributed by atoms with Crippen molar-refractivity contribution in [1.82, 2.24) is 14.9 Å². The number of fused-ring (bicyclic) bond motifs is 1. The first-order chi connectivity index (χ1) is 18.0. The van der Waals surface area contributed by atoms with E-state index in [0.717, 1.165) is 47.4 Å². The summed E-state index contributed by atoms with van der Waals surface area (Å²) in [7, 11) is 4.10. The molecule has 1 heterocycles. The second-order valence-electron chi connectivity index (χ2n) is 8.87. The van der Waals surface area contributed by atoms with Crippen LogP contribution in [0.15, 0.2) is 73.1 Å². The minimum atomic E-state index is -0.433. The number of aromatic nitrogens is 2. The highest BCUT2D eigenvalue weighted by molar-refractivity contribution is 5.99. The van der Waals surface area contributed by atoms with Crippen LogP contribution in [0.25, 0.3) is 10.9 Å². The number of carbonyl (C=O) groups is 1. The normalized spacial score (nSPS) is 10.9. The number of nitrogens with zero attached hydrogens (tertiary/aromatic N) is 3. The van der Waals surface area contributed by atoms with Crippen molar-refractivity contribution in [3.05, 3.63) is 84.4 Å². The molecule has 0 saturated heterocycles. The van der Waals surface area contributed by atoms with Crippen LogP contribution in [0.1, 0.15) is 12.0 Å². The Morgan fingerprint density at radius 1 is 0.973 bits per heavy atom. The van der Waals surface area contributed by atoms with E-state index in [1.165, 1.54) is 12.1 Å². The Kier molecular flexibility index (Phi) is 8.83. The largest absolute Gasteiger partial charge is 0.493 e. The molecule has 192 valence electrons. The number of amides is 2. The molecular formula is C28H31FN6O2. The Hall–Kier alpha value is -4.24. The summed E-state index contributed by atoms with van der Waals surface area (Å²) in [6.45, 7) is 2.32. The highest BCUT2D eigenvalue weighted by atomic mass is 19.1. The number of urea groups is 1. The van der Waals surface area contributed by atoms with E-state index < -0.39 is 11.8 Å². The molecule has 1 aromatic heterocycles. The van der Waals surface area contributed by atoms with Gasteiger partial charge in [-0.25, -0.2) is 19.2 Å². The van der Waals surface area contributed by atoms with E-state index in [1.807, 2.05) is 56.6 Å². The Morgan fingerprint density at radius 3 is 2.57 bits per heavy atom. The molecule has 3 aromatic carbocycles. The Labute approximate surface area is 215 Å². The van der Waals surface area contributed by atoms with Crippen molar-refractivity contribution < 1.29 is 13.9 Å². The first kappa shape index (κ1) is 25.8. The van der Waals surface area contributed by atoms with Gasteiger partial charge in [-0.15, -0.1) is 0 Å². The summed E-state index contributed by atoms with van der Waals surface area (Å²) in [5, 5.41) is 9.69. The number of nitrogens with one attached hydrogen (secondary N) is 3. The summed E-state index contributed by atoms with van der Waals surface area (Å²) in [6.07, 6.45) is 3.28. The van der Waals surface area contributed by atoms with Crippen LogP contribution < -0.4 is 20.7 Å². The van der Waals surface area contributed by atoms with Crippen LogP contribution >= 0.6 is 0 Å². The third-order valence-corrected chi connectivity index (χ3v) is 5.63. The smallest absolute Gasteiger partial charge is 0.323 e. The molecule has 37 heavy (non-hydrogen) atoms. The predicted molar refractivity (Wildman–Crippen MR) is 146 cm³/mol. The lowest BCUT2D eigenvalue weighted by molar-refractivity contribution is 0.262. The maximum atomic E-state index is 13.3. The zero-order valence-electron chi connectivity index (χ0n) is 21.0. The van der Waals surface area contributed by atoms with E-state index in [-0.39, 0.29) is 0 Å². The SMILES string of the molecule is CN(C)CCCOc1ccc2c(NCCc3ccc(NC(=O)Nc4cccc(F)c4)cc3)ncnc2c1. The number of hydrogen-bond acceptors (Lipinski definition) is 6. The molecule has 4 rings (SSSR count). The van der Waals surface area contributed by atoms with Crippen molar-refractivity contribution >= 4 is 34.1 Å². The topological polar surface area (TPSA) is 91.4 Å². The predicted octanol–water partition coefficient (Wildman–Crippen LogP) is 5.40. The van der Waals surface area contributed by atoms with E-state index in [1.54, 1.807) is 18.5 Å². The Bertz CT molecular complexity index is 1330. The molecule has 0 spiro atoms. The number of carbonyl (C=O) groups excluding carboxylic acids is 1. The van der Waals surface area contributed by atoms with Crippen molar-refractivity contribution in [3.63, 3.8) is 0 Å². The minimum absolute atomic E-state index is 0.390. The van der Waals surface area contributed by atoms with Crippen LogP contribution in [-0.4, -0.2) is 54.7 Å². The van der Waals surface area contributed by atoms with Gasteiger partial charge in [0.15, 0.2) is 0 Å². The number of rotatable bonds is 11. The number of hydrogen-bond donors (Lipinski definition) is 3. The van der Waals surface area contributed by atoms with Gasteiger partial charge in [-0.2, -0.15) is 0 Å². The van der Waals surface area contributed by atoms with E-state index in [0.29, 0.717) is 24.5 Å². The second kappa shape index (κ2) is 12.6. The second-order valence-corrected chi connectivity index (χ2v) is 8.87. The summed E-state index contributed by atoms with van der Waals surface area (Å²) >= 11 is 0. The minimum Gasteiger partial charge on any atom is -0.493 e. The average Bonchev–Trinajstić information content (AvgIpc) is 2.87. The fourth-order valence-electron chi connectivity index (χ4n) is 3.78. The van der Waals surface area contributed by atoms with E-state index >= 15 is 0 Å². The average molecular weight is 503 g/mol. The van der Waals surface area contributed by atoms with Gasteiger partial charge in [-0.05, 0) is 75.0 Å². The van der Waals surface area contributed by atoms with Gasteiger partial charge in [-0.1, -0.05) is 18.2 Å². The number of ether oxygens (including phenoxy) is 1. The van der Waals surface area contributed by atoms with Crippen LogP contribution in [0, 0.1) is 5.82 Å². The molecule has 2 amide bonds. The van der Waals surface area contributed by atoms with Gasteiger partial charge in [-0.3, -0.25) is 0 Å². The van der Waals surface area contributed by atoms with Crippen molar-refractivity contribution in [1.29, 1.82) is 0 Å². The van der Waals surface area contributed by atoms with Crippen LogP contribution in [0.4, 0.5) is 26.4 Å². The molecule has 3 N–H and O–H groups in total. The van der Waals surface area contributed by atoms with E-state index in [9.17, 15) is 9.18 Å². The van der Waals surface area contributed by atoms with Crippen molar-refractivity contribution in [3.8, 4) is 5.75 Å². The maximum Gasteiger partial charge on any atom is 0.323 e. The summed E-state index contributed by atoms with van der Waals surface area (Å²) < 4.78 is 19.1. The molecule has 9 heteroatoms. The monoisotopic (exact) mass is 502 g/mol. The molecule has 0 aliphatic rings. The van der Waals surface area contributed by atoms with Crippen LogP contribution in [0.3, 0.4) is 0 Å². The third-order valence-electron chi connectivity index (χ3n) is 5.63. The first-order valence-corrected chi connectivity index (χ1v) is 12.1. The lowest BCUT2D eigenvalue weighted by atomic mass is 10.1. The van der Waals surface area contributed by atoms with Crippen molar-refractivity contribution in [2.24, 2.45) is 0 Å². The van der Waals surface area contributed by atoms with Crippen LogP contribution in [0.5, 0.6) is 5.75 Å². The molecule has 8 nitrogen and oxygen atoms in total. The Morgan fingerprint density at radius 2 is 1.78 bits per heavy atom. The maximum absolute atomic E-state index is 13.3. The van der Waals surface area contributed by atoms with E-state index in [2.05, 4.69) is 30.8 Å². The quantitative estimate of drug-likeness (QED) is 0.238. The van der Waals surface area contributed by atoms with Crippen LogP contribution in [0.2, 0.25) is 0 Å². The third kappa shape index (κ3) is 7.88. The van der Waals surface area contributed by atoms with E-state index in [4.69, 9.17) is 4.74 Å². The summed E-state index contributed by atoms with van der Waals surface area (Å²) in [5.74, 6) is 1.17. The molecule has 0 atom stereocenters. The van der Waals surface area contributed by atoms with Gasteiger partial charge in [0.05, 0.1) is 12.1 Å². The molecule has 0 unspecified atom stereocenters. The van der Waals surface area contributed by atoms with Gasteiger partial charge in [0.1, 0.15) is 23.7 Å². The van der Waals surface area contributed by atoms with Crippen LogP contribution in [-0.2, 0) is 6.42 Å². The molecule has 0 aliphatic carbocycles. The molecular weight excluding hydrogens is 471 g/mol. The fourth-order valence-corrected chi connectivity index (χ4v) is 3.78. The molecule has 0 radical (unpaired) electrons. The first-order valence-electron chi connectivity index (χ1n) is 12.1. The lowest BCUT2D eigenvalue weighted by Crippen LogP contribution is -2.19. The van der Waals surface area contributed by atoms with Gasteiger partial charge in [0.25, 0.3) is 0 Å². The zero-order chi connectivity index (χ0) is 26.0. The van der Waals surface area contributed by atoms with Gasteiger partial charge < -0.3 is 25.6 Å².